The van der Waals surface area contributed by atoms with Crippen molar-refractivity contribution in [1.82, 2.24) is 9.88 Å². The van der Waals surface area contributed by atoms with Crippen molar-refractivity contribution >= 4 is 44.3 Å². The molecular formula is C23H24BrN3O2. The quantitative estimate of drug-likeness (QED) is 0.593. The number of fused-ring (bicyclic) bond motifs is 3. The van der Waals surface area contributed by atoms with E-state index in [2.05, 4.69) is 32.3 Å². The van der Waals surface area contributed by atoms with Crippen LogP contribution in [0.25, 0.3) is 10.9 Å². The molecule has 1 aliphatic carbocycles. The lowest BCUT2D eigenvalue weighted by Gasteiger charge is -2.18. The van der Waals surface area contributed by atoms with Gasteiger partial charge in [0.1, 0.15) is 0 Å². The second-order valence-electron chi connectivity index (χ2n) is 7.69. The van der Waals surface area contributed by atoms with E-state index >= 15 is 0 Å². The van der Waals surface area contributed by atoms with E-state index < -0.39 is 0 Å². The Bertz CT molecular complexity index is 1100. The van der Waals surface area contributed by atoms with Gasteiger partial charge in [-0.15, -0.1) is 0 Å². The fourth-order valence-electron chi connectivity index (χ4n) is 4.06. The number of amides is 2. The zero-order chi connectivity index (χ0) is 20.5. The molecule has 150 valence electrons. The van der Waals surface area contributed by atoms with Crippen molar-refractivity contribution in [2.75, 3.05) is 18.9 Å². The maximum absolute atomic E-state index is 13.1. The summed E-state index contributed by atoms with van der Waals surface area (Å²) in [5, 5.41) is 4.02. The molecule has 0 radical (unpaired) electrons. The summed E-state index contributed by atoms with van der Waals surface area (Å²) < 4.78 is 0.960. The summed E-state index contributed by atoms with van der Waals surface area (Å²) >= 11 is 3.42. The predicted octanol–water partition coefficient (Wildman–Crippen LogP) is 4.83. The number of benzene rings is 2. The summed E-state index contributed by atoms with van der Waals surface area (Å²) in [6, 6.07) is 11.5. The molecule has 0 saturated carbocycles. The van der Waals surface area contributed by atoms with E-state index in [4.69, 9.17) is 0 Å². The lowest BCUT2D eigenvalue weighted by atomic mass is 9.95. The summed E-state index contributed by atoms with van der Waals surface area (Å²) in [6.45, 7) is 1.92. The molecule has 5 nitrogen and oxygen atoms in total. The summed E-state index contributed by atoms with van der Waals surface area (Å²) in [7, 11) is 1.66. The monoisotopic (exact) mass is 453 g/mol. The molecule has 6 heteroatoms. The van der Waals surface area contributed by atoms with Crippen molar-refractivity contribution in [2.24, 2.45) is 0 Å². The van der Waals surface area contributed by atoms with Gasteiger partial charge < -0.3 is 15.2 Å². The van der Waals surface area contributed by atoms with E-state index in [1.54, 1.807) is 7.05 Å². The second kappa shape index (κ2) is 8.03. The zero-order valence-corrected chi connectivity index (χ0v) is 18.2. The maximum atomic E-state index is 13.1. The standard InChI is InChI=1S/C23H24BrN3O2/c1-14-12-15(24)10-11-19(14)25-21(28)13-27(2)23(29)18-8-5-7-17-16-6-3-4-9-20(16)26-22(17)18/h5,7-8,10-12,26H,3-4,6,9,13H2,1-2H3,(H,25,28). The normalized spacial score (nSPS) is 13.2. The van der Waals surface area contributed by atoms with Crippen LogP contribution in [0.1, 0.15) is 40.0 Å². The van der Waals surface area contributed by atoms with Gasteiger partial charge in [-0.3, -0.25) is 9.59 Å². The number of halogens is 1. The molecule has 2 amide bonds. The van der Waals surface area contributed by atoms with Crippen LogP contribution in [0, 0.1) is 6.92 Å². The Labute approximate surface area is 178 Å². The molecule has 1 aromatic heterocycles. The third-order valence-electron chi connectivity index (χ3n) is 5.55. The van der Waals surface area contributed by atoms with Crippen molar-refractivity contribution < 1.29 is 9.59 Å². The lowest BCUT2D eigenvalue weighted by molar-refractivity contribution is -0.116. The molecule has 0 saturated heterocycles. The van der Waals surface area contributed by atoms with Crippen LogP contribution >= 0.6 is 15.9 Å². The van der Waals surface area contributed by atoms with Gasteiger partial charge in [0.25, 0.3) is 5.91 Å². The van der Waals surface area contributed by atoms with E-state index in [1.807, 2.05) is 37.3 Å². The van der Waals surface area contributed by atoms with Crippen LogP contribution in [-0.4, -0.2) is 35.3 Å². The van der Waals surface area contributed by atoms with E-state index in [9.17, 15) is 9.59 Å². The van der Waals surface area contributed by atoms with Crippen molar-refractivity contribution in [3.63, 3.8) is 0 Å². The van der Waals surface area contributed by atoms with E-state index in [1.165, 1.54) is 29.0 Å². The van der Waals surface area contributed by atoms with Crippen molar-refractivity contribution in [3.05, 3.63) is 63.3 Å². The number of nitrogens with one attached hydrogen (secondary N) is 2. The Morgan fingerprint density at radius 3 is 2.76 bits per heavy atom. The minimum Gasteiger partial charge on any atom is -0.358 e. The van der Waals surface area contributed by atoms with Gasteiger partial charge in [-0.1, -0.05) is 28.1 Å². The largest absolute Gasteiger partial charge is 0.358 e. The average Bonchev–Trinajstić information content (AvgIpc) is 3.08. The van der Waals surface area contributed by atoms with Crippen LogP contribution in [0.5, 0.6) is 0 Å². The Morgan fingerprint density at radius 2 is 1.97 bits per heavy atom. The van der Waals surface area contributed by atoms with Gasteiger partial charge >= 0.3 is 0 Å². The van der Waals surface area contributed by atoms with E-state index in [0.29, 0.717) is 5.56 Å². The molecule has 1 heterocycles. The Balaban J connectivity index is 1.52. The first kappa shape index (κ1) is 19.7. The molecule has 2 aromatic carbocycles. The number of para-hydroxylation sites is 1. The first-order valence-electron chi connectivity index (χ1n) is 9.88. The Kier molecular flexibility index (Phi) is 5.46. The fraction of sp³-hybridized carbons (Fsp3) is 0.304. The predicted molar refractivity (Wildman–Crippen MR) is 119 cm³/mol. The third-order valence-corrected chi connectivity index (χ3v) is 6.05. The van der Waals surface area contributed by atoms with Gasteiger partial charge in [0.15, 0.2) is 0 Å². The van der Waals surface area contributed by atoms with Crippen LogP contribution < -0.4 is 5.32 Å². The molecule has 3 aromatic rings. The first-order chi connectivity index (χ1) is 13.9. The molecule has 1 aliphatic rings. The average molecular weight is 454 g/mol. The number of rotatable bonds is 4. The summed E-state index contributed by atoms with van der Waals surface area (Å²) in [6.07, 6.45) is 4.45. The van der Waals surface area contributed by atoms with Crippen molar-refractivity contribution in [1.29, 1.82) is 0 Å². The lowest BCUT2D eigenvalue weighted by Crippen LogP contribution is -2.35. The molecular weight excluding hydrogens is 430 g/mol. The van der Waals surface area contributed by atoms with Crippen LogP contribution in [0.15, 0.2) is 40.9 Å². The highest BCUT2D eigenvalue weighted by atomic mass is 79.9. The number of likely N-dealkylation sites (N-methyl/N-ethyl adjacent to an activating group) is 1. The Morgan fingerprint density at radius 1 is 1.17 bits per heavy atom. The number of aromatic nitrogens is 1. The highest BCUT2D eigenvalue weighted by Crippen LogP contribution is 2.31. The molecule has 0 aliphatic heterocycles. The number of H-pyrrole nitrogens is 1. The number of carbonyl (C=O) groups excluding carboxylic acids is 2. The van der Waals surface area contributed by atoms with Gasteiger partial charge in [0, 0.05) is 28.3 Å². The van der Waals surface area contributed by atoms with Crippen LogP contribution in [0.2, 0.25) is 0 Å². The minimum atomic E-state index is -0.218. The number of nitrogens with zero attached hydrogens (tertiary/aromatic N) is 1. The molecule has 0 bridgehead atoms. The van der Waals surface area contributed by atoms with E-state index in [-0.39, 0.29) is 18.4 Å². The fourth-order valence-corrected chi connectivity index (χ4v) is 4.53. The molecule has 2 N–H and O–H groups in total. The van der Waals surface area contributed by atoms with Gasteiger partial charge in [-0.05, 0) is 68.0 Å². The van der Waals surface area contributed by atoms with Gasteiger partial charge in [-0.25, -0.2) is 0 Å². The molecule has 0 spiro atoms. The molecule has 4 rings (SSSR count). The SMILES string of the molecule is Cc1cc(Br)ccc1NC(=O)CN(C)C(=O)c1cccc2c3c([nH]c12)CCCC3. The van der Waals surface area contributed by atoms with Crippen LogP contribution in [0.3, 0.4) is 0 Å². The molecule has 29 heavy (non-hydrogen) atoms. The number of carbonyl (C=O) groups is 2. The number of hydrogen-bond acceptors (Lipinski definition) is 2. The summed E-state index contributed by atoms with van der Waals surface area (Å²) in [5.74, 6) is -0.374. The van der Waals surface area contributed by atoms with Crippen molar-refractivity contribution in [2.45, 2.75) is 32.6 Å². The number of aromatic amines is 1. The number of hydrogen-bond donors (Lipinski definition) is 2. The summed E-state index contributed by atoms with van der Waals surface area (Å²) in [4.78, 5) is 30.5. The maximum Gasteiger partial charge on any atom is 0.256 e. The topological polar surface area (TPSA) is 65.2 Å². The highest BCUT2D eigenvalue weighted by Gasteiger charge is 2.22. The van der Waals surface area contributed by atoms with Gasteiger partial charge in [0.2, 0.25) is 5.91 Å². The third kappa shape index (κ3) is 3.94. The first-order valence-corrected chi connectivity index (χ1v) is 10.7. The number of anilines is 1. The minimum absolute atomic E-state index is 0.00878. The Hall–Kier alpha value is -2.60. The van der Waals surface area contributed by atoms with Gasteiger partial charge in [0.05, 0.1) is 17.6 Å². The zero-order valence-electron chi connectivity index (χ0n) is 16.6. The number of aryl methyl sites for hydroxylation is 3. The molecule has 0 unspecified atom stereocenters. The smallest absolute Gasteiger partial charge is 0.256 e. The van der Waals surface area contributed by atoms with Crippen LogP contribution in [-0.2, 0) is 17.6 Å². The molecule has 0 atom stereocenters. The van der Waals surface area contributed by atoms with Gasteiger partial charge in [-0.2, -0.15) is 0 Å². The second-order valence-corrected chi connectivity index (χ2v) is 8.60. The summed E-state index contributed by atoms with van der Waals surface area (Å²) in [5.41, 5.74) is 5.80. The highest BCUT2D eigenvalue weighted by molar-refractivity contribution is 9.10. The van der Waals surface area contributed by atoms with Crippen LogP contribution in [0.4, 0.5) is 5.69 Å². The van der Waals surface area contributed by atoms with Crippen molar-refractivity contribution in [3.8, 4) is 0 Å². The van der Waals surface area contributed by atoms with E-state index in [0.717, 1.165) is 39.5 Å². The molecule has 0 fully saturated rings.